The number of nitrogens with zero attached hydrogens (tertiary/aromatic N) is 1. The molecule has 3 aromatic rings. The van der Waals surface area contributed by atoms with Gasteiger partial charge in [-0.15, -0.1) is 0 Å². The van der Waals surface area contributed by atoms with Gasteiger partial charge in [0.15, 0.2) is 6.61 Å². The number of esters is 1. The molecule has 1 amide bonds. The Morgan fingerprint density at radius 3 is 2.38 bits per heavy atom. The second-order valence-electron chi connectivity index (χ2n) is 6.64. The topological polar surface area (TPSA) is 86.2 Å². The summed E-state index contributed by atoms with van der Waals surface area (Å²) in [7, 11) is 0. The zero-order valence-corrected chi connectivity index (χ0v) is 17.7. The third kappa shape index (κ3) is 6.98. The normalized spacial score (nSPS) is 10.5. The SMILES string of the molecule is CCOC(=O)c1ccc(OCC(=O)N/N=C/c2ccccc2OCc2ccccc2)cc1. The molecule has 0 heterocycles. The molecule has 0 aliphatic carbocycles. The second-order valence-corrected chi connectivity index (χ2v) is 6.64. The largest absolute Gasteiger partial charge is 0.488 e. The van der Waals surface area contributed by atoms with Crippen LogP contribution in [0.3, 0.4) is 0 Å². The molecule has 1 N–H and O–H groups in total. The molecule has 7 nitrogen and oxygen atoms in total. The lowest BCUT2D eigenvalue weighted by molar-refractivity contribution is -0.123. The molecular formula is C25H24N2O5. The Hall–Kier alpha value is -4.13. The van der Waals surface area contributed by atoms with E-state index in [-0.39, 0.29) is 6.61 Å². The van der Waals surface area contributed by atoms with Gasteiger partial charge >= 0.3 is 5.97 Å². The van der Waals surface area contributed by atoms with Crippen LogP contribution in [0.5, 0.6) is 11.5 Å². The fraction of sp³-hybridized carbons (Fsp3) is 0.160. The fourth-order valence-electron chi connectivity index (χ4n) is 2.71. The molecule has 0 aliphatic rings. The number of rotatable bonds is 10. The predicted octanol–water partition coefficient (Wildman–Crippen LogP) is 3.97. The second kappa shape index (κ2) is 11.9. The molecule has 3 rings (SSSR count). The average Bonchev–Trinajstić information content (AvgIpc) is 2.83. The molecule has 0 atom stereocenters. The summed E-state index contributed by atoms with van der Waals surface area (Å²) in [6.07, 6.45) is 1.52. The van der Waals surface area contributed by atoms with Crippen molar-refractivity contribution in [1.29, 1.82) is 0 Å². The van der Waals surface area contributed by atoms with E-state index in [1.54, 1.807) is 31.2 Å². The highest BCUT2D eigenvalue weighted by atomic mass is 16.5. The molecule has 0 fully saturated rings. The molecule has 3 aromatic carbocycles. The molecule has 0 aromatic heterocycles. The molecular weight excluding hydrogens is 408 g/mol. The molecule has 0 saturated carbocycles. The third-order valence-corrected chi connectivity index (χ3v) is 4.28. The van der Waals surface area contributed by atoms with Crippen LogP contribution in [-0.2, 0) is 16.1 Å². The minimum atomic E-state index is -0.418. The van der Waals surface area contributed by atoms with Gasteiger partial charge in [-0.05, 0) is 48.9 Å². The van der Waals surface area contributed by atoms with Crippen molar-refractivity contribution in [3.8, 4) is 11.5 Å². The van der Waals surface area contributed by atoms with Crippen LogP contribution in [0, 0.1) is 0 Å². The van der Waals surface area contributed by atoms with Crippen molar-refractivity contribution < 1.29 is 23.8 Å². The number of amides is 1. The van der Waals surface area contributed by atoms with Gasteiger partial charge in [0.1, 0.15) is 18.1 Å². The van der Waals surface area contributed by atoms with E-state index in [1.165, 1.54) is 6.21 Å². The Labute approximate surface area is 186 Å². The summed E-state index contributed by atoms with van der Waals surface area (Å²) < 4.78 is 16.2. The quantitative estimate of drug-likeness (QED) is 0.298. The first-order valence-corrected chi connectivity index (χ1v) is 10.1. The van der Waals surface area contributed by atoms with Crippen molar-refractivity contribution in [2.24, 2.45) is 5.10 Å². The molecule has 0 radical (unpaired) electrons. The standard InChI is InChI=1S/C25H24N2O5/c1-2-30-25(29)20-12-14-22(15-13-20)31-18-24(28)27-26-16-21-10-6-7-11-23(21)32-17-19-8-4-3-5-9-19/h3-16H,2,17-18H2,1H3,(H,27,28)/b26-16+. The van der Waals surface area contributed by atoms with Gasteiger partial charge < -0.3 is 14.2 Å². The van der Waals surface area contributed by atoms with Gasteiger partial charge in [-0.3, -0.25) is 4.79 Å². The summed E-state index contributed by atoms with van der Waals surface area (Å²) in [5.74, 6) is 0.293. The molecule has 32 heavy (non-hydrogen) atoms. The summed E-state index contributed by atoms with van der Waals surface area (Å²) in [6, 6.07) is 23.6. The van der Waals surface area contributed by atoms with E-state index >= 15 is 0 Å². The lowest BCUT2D eigenvalue weighted by atomic mass is 10.2. The van der Waals surface area contributed by atoms with Gasteiger partial charge in [0.25, 0.3) is 5.91 Å². The Morgan fingerprint density at radius 2 is 1.62 bits per heavy atom. The Morgan fingerprint density at radius 1 is 0.906 bits per heavy atom. The highest BCUT2D eigenvalue weighted by Crippen LogP contribution is 2.17. The summed E-state index contributed by atoms with van der Waals surface area (Å²) in [5.41, 5.74) is 4.63. The van der Waals surface area contributed by atoms with Gasteiger partial charge in [-0.2, -0.15) is 5.10 Å². The van der Waals surface area contributed by atoms with Crippen molar-refractivity contribution in [2.45, 2.75) is 13.5 Å². The van der Waals surface area contributed by atoms with Gasteiger partial charge in [0.05, 0.1) is 18.4 Å². The monoisotopic (exact) mass is 432 g/mol. The number of benzene rings is 3. The van der Waals surface area contributed by atoms with E-state index < -0.39 is 11.9 Å². The van der Waals surface area contributed by atoms with E-state index in [1.807, 2.05) is 54.6 Å². The van der Waals surface area contributed by atoms with Crippen molar-refractivity contribution in [3.05, 3.63) is 95.6 Å². The van der Waals surface area contributed by atoms with Gasteiger partial charge in [0, 0.05) is 5.56 Å². The van der Waals surface area contributed by atoms with E-state index in [9.17, 15) is 9.59 Å². The molecule has 0 bridgehead atoms. The number of nitrogens with one attached hydrogen (secondary N) is 1. The number of para-hydroxylation sites is 1. The van der Waals surface area contributed by atoms with Crippen LogP contribution in [-0.4, -0.2) is 31.3 Å². The number of ether oxygens (including phenoxy) is 3. The Balaban J connectivity index is 1.47. The molecule has 0 unspecified atom stereocenters. The Bertz CT molecular complexity index is 1050. The summed E-state index contributed by atoms with van der Waals surface area (Å²) >= 11 is 0. The lowest BCUT2D eigenvalue weighted by Crippen LogP contribution is -2.24. The van der Waals surface area contributed by atoms with Crippen LogP contribution in [0.1, 0.15) is 28.4 Å². The summed E-state index contributed by atoms with van der Waals surface area (Å²) in [5, 5.41) is 3.98. The number of hydrogen-bond acceptors (Lipinski definition) is 6. The maximum absolute atomic E-state index is 12.0. The molecule has 164 valence electrons. The maximum atomic E-state index is 12.0. The van der Waals surface area contributed by atoms with Crippen LogP contribution in [0.15, 0.2) is 84.0 Å². The van der Waals surface area contributed by atoms with Gasteiger partial charge in [-0.1, -0.05) is 42.5 Å². The highest BCUT2D eigenvalue weighted by molar-refractivity contribution is 5.89. The third-order valence-electron chi connectivity index (χ3n) is 4.28. The summed E-state index contributed by atoms with van der Waals surface area (Å²) in [6.45, 7) is 2.26. The average molecular weight is 432 g/mol. The van der Waals surface area contributed by atoms with Crippen molar-refractivity contribution >= 4 is 18.1 Å². The smallest absolute Gasteiger partial charge is 0.338 e. The number of carbonyl (C=O) groups is 2. The Kier molecular flexibility index (Phi) is 8.39. The number of hydrazone groups is 1. The fourth-order valence-corrected chi connectivity index (χ4v) is 2.71. The number of hydrogen-bond donors (Lipinski definition) is 1. The van der Waals surface area contributed by atoms with Crippen molar-refractivity contribution in [2.75, 3.05) is 13.2 Å². The van der Waals surface area contributed by atoms with E-state index in [0.717, 1.165) is 11.1 Å². The van der Waals surface area contributed by atoms with E-state index in [0.29, 0.717) is 30.3 Å². The first-order chi connectivity index (χ1) is 15.7. The zero-order chi connectivity index (χ0) is 22.6. The summed E-state index contributed by atoms with van der Waals surface area (Å²) in [4.78, 5) is 23.6. The highest BCUT2D eigenvalue weighted by Gasteiger charge is 2.07. The molecule has 0 aliphatic heterocycles. The van der Waals surface area contributed by atoms with Crippen LogP contribution in [0.4, 0.5) is 0 Å². The molecule has 0 spiro atoms. The first-order valence-electron chi connectivity index (χ1n) is 10.1. The maximum Gasteiger partial charge on any atom is 0.338 e. The number of carbonyl (C=O) groups excluding carboxylic acids is 2. The van der Waals surface area contributed by atoms with E-state index in [2.05, 4.69) is 10.5 Å². The van der Waals surface area contributed by atoms with E-state index in [4.69, 9.17) is 14.2 Å². The molecule has 0 saturated heterocycles. The predicted molar refractivity (Wildman–Crippen MR) is 121 cm³/mol. The van der Waals surface area contributed by atoms with Crippen LogP contribution >= 0.6 is 0 Å². The van der Waals surface area contributed by atoms with Gasteiger partial charge in [-0.25, -0.2) is 10.2 Å². The van der Waals surface area contributed by atoms with Gasteiger partial charge in [0.2, 0.25) is 0 Å². The van der Waals surface area contributed by atoms with Crippen molar-refractivity contribution in [3.63, 3.8) is 0 Å². The minimum absolute atomic E-state index is 0.220. The lowest BCUT2D eigenvalue weighted by Gasteiger charge is -2.09. The first kappa shape index (κ1) is 22.6. The molecule has 7 heteroatoms. The van der Waals surface area contributed by atoms with Crippen molar-refractivity contribution in [1.82, 2.24) is 5.43 Å². The minimum Gasteiger partial charge on any atom is -0.488 e. The van der Waals surface area contributed by atoms with Crippen LogP contribution in [0.25, 0.3) is 0 Å². The van der Waals surface area contributed by atoms with Crippen LogP contribution in [0.2, 0.25) is 0 Å². The zero-order valence-electron chi connectivity index (χ0n) is 17.7. The van der Waals surface area contributed by atoms with Crippen LogP contribution < -0.4 is 14.9 Å².